The second kappa shape index (κ2) is 10.0. The summed E-state index contributed by atoms with van der Waals surface area (Å²) >= 11 is 0. The van der Waals surface area contributed by atoms with Gasteiger partial charge in [-0.1, -0.05) is 36.4 Å². The normalized spacial score (nSPS) is 14.8. The van der Waals surface area contributed by atoms with E-state index in [2.05, 4.69) is 15.3 Å². The molecule has 1 aromatic heterocycles. The van der Waals surface area contributed by atoms with Gasteiger partial charge in [0.1, 0.15) is 5.75 Å². The molecular formula is C26H30N4O3. The Kier molecular flexibility index (Phi) is 6.89. The minimum absolute atomic E-state index is 0.0605. The van der Waals surface area contributed by atoms with E-state index in [1.165, 1.54) is 0 Å². The van der Waals surface area contributed by atoms with Gasteiger partial charge in [0.05, 0.1) is 35.8 Å². The van der Waals surface area contributed by atoms with E-state index in [9.17, 15) is 9.59 Å². The van der Waals surface area contributed by atoms with E-state index in [0.717, 1.165) is 42.9 Å². The van der Waals surface area contributed by atoms with Crippen molar-refractivity contribution in [2.45, 2.75) is 32.7 Å². The van der Waals surface area contributed by atoms with Gasteiger partial charge in [-0.05, 0) is 58.0 Å². The van der Waals surface area contributed by atoms with Crippen molar-refractivity contribution in [2.24, 2.45) is 0 Å². The first kappa shape index (κ1) is 22.7. The molecule has 2 heterocycles. The molecule has 1 atom stereocenters. The van der Waals surface area contributed by atoms with Gasteiger partial charge in [0.25, 0.3) is 11.7 Å². The lowest BCUT2D eigenvalue weighted by Crippen LogP contribution is -2.39. The number of nitrogens with one attached hydrogen (secondary N) is 1. The Morgan fingerprint density at radius 2 is 1.70 bits per heavy atom. The third-order valence-electron chi connectivity index (χ3n) is 6.26. The van der Waals surface area contributed by atoms with Crippen molar-refractivity contribution < 1.29 is 14.3 Å². The Labute approximate surface area is 194 Å². The van der Waals surface area contributed by atoms with E-state index < -0.39 is 11.7 Å². The summed E-state index contributed by atoms with van der Waals surface area (Å²) in [6, 6.07) is 17.4. The summed E-state index contributed by atoms with van der Waals surface area (Å²) in [6.07, 6.45) is 2.24. The first-order valence-electron chi connectivity index (χ1n) is 11.3. The van der Waals surface area contributed by atoms with Crippen LogP contribution in [0.3, 0.4) is 0 Å². The molecule has 3 aromatic rings. The Hall–Kier alpha value is -3.45. The fraction of sp³-hybridized carbons (Fsp3) is 0.346. The van der Waals surface area contributed by atoms with Crippen LogP contribution >= 0.6 is 0 Å². The molecule has 0 radical (unpaired) electrons. The summed E-state index contributed by atoms with van der Waals surface area (Å²) in [7, 11) is 1.65. The van der Waals surface area contributed by atoms with Crippen molar-refractivity contribution in [3.63, 3.8) is 0 Å². The largest absolute Gasteiger partial charge is 0.496 e. The number of methoxy groups -OCH3 is 1. The maximum atomic E-state index is 13.1. The van der Waals surface area contributed by atoms with Gasteiger partial charge in [-0.2, -0.15) is 5.10 Å². The van der Waals surface area contributed by atoms with Crippen molar-refractivity contribution in [3.05, 3.63) is 77.1 Å². The number of ketones is 1. The Balaban J connectivity index is 1.54. The highest BCUT2D eigenvalue weighted by atomic mass is 16.5. The van der Waals surface area contributed by atoms with Gasteiger partial charge in [-0.15, -0.1) is 0 Å². The van der Waals surface area contributed by atoms with Crippen molar-refractivity contribution in [2.75, 3.05) is 26.7 Å². The van der Waals surface area contributed by atoms with Gasteiger partial charge in [-0.25, -0.2) is 4.68 Å². The predicted octanol–water partition coefficient (Wildman–Crippen LogP) is 3.63. The maximum absolute atomic E-state index is 13.1. The zero-order valence-electron chi connectivity index (χ0n) is 19.4. The lowest BCUT2D eigenvalue weighted by Gasteiger charge is -2.29. The minimum atomic E-state index is -0.618. The highest BCUT2D eigenvalue weighted by molar-refractivity contribution is 6.43. The predicted molar refractivity (Wildman–Crippen MR) is 127 cm³/mol. The topological polar surface area (TPSA) is 76.5 Å². The molecule has 7 nitrogen and oxygen atoms in total. The quantitative estimate of drug-likeness (QED) is 0.422. The van der Waals surface area contributed by atoms with Gasteiger partial charge in [0.2, 0.25) is 0 Å². The number of hydrogen-bond donors (Lipinski definition) is 1. The van der Waals surface area contributed by atoms with Gasteiger partial charge in [0, 0.05) is 12.1 Å². The number of nitrogens with zero attached hydrogens (tertiary/aromatic N) is 3. The molecule has 0 spiro atoms. The van der Waals surface area contributed by atoms with Crippen LogP contribution in [0.1, 0.15) is 46.2 Å². The van der Waals surface area contributed by atoms with E-state index in [-0.39, 0.29) is 6.04 Å². The number of amides is 1. The number of carbonyl (C=O) groups excluding carboxylic acids is 2. The summed E-state index contributed by atoms with van der Waals surface area (Å²) in [5, 5.41) is 7.39. The van der Waals surface area contributed by atoms with E-state index >= 15 is 0 Å². The molecule has 0 aliphatic carbocycles. The lowest BCUT2D eigenvalue weighted by atomic mass is 10.0. The fourth-order valence-corrected chi connectivity index (χ4v) is 4.61. The average molecular weight is 447 g/mol. The highest BCUT2D eigenvalue weighted by Crippen LogP contribution is 2.31. The molecule has 7 heteroatoms. The van der Waals surface area contributed by atoms with E-state index in [1.807, 2.05) is 61.5 Å². The molecule has 1 fully saturated rings. The van der Waals surface area contributed by atoms with E-state index in [0.29, 0.717) is 23.5 Å². The zero-order chi connectivity index (χ0) is 23.4. The first-order chi connectivity index (χ1) is 16.0. The molecule has 1 aliphatic heterocycles. The summed E-state index contributed by atoms with van der Waals surface area (Å²) in [4.78, 5) is 28.4. The Morgan fingerprint density at radius 3 is 2.39 bits per heavy atom. The van der Waals surface area contributed by atoms with Crippen molar-refractivity contribution >= 4 is 11.7 Å². The Morgan fingerprint density at radius 1 is 1.03 bits per heavy atom. The lowest BCUT2D eigenvalue weighted by molar-refractivity contribution is -0.117. The highest BCUT2D eigenvalue weighted by Gasteiger charge is 2.29. The number of aromatic nitrogens is 2. The number of likely N-dealkylation sites (tertiary alicyclic amines) is 1. The number of ether oxygens (including phenoxy) is 1. The number of hydrogen-bond acceptors (Lipinski definition) is 5. The van der Waals surface area contributed by atoms with Crippen LogP contribution in [-0.2, 0) is 4.79 Å². The van der Waals surface area contributed by atoms with Gasteiger partial charge >= 0.3 is 0 Å². The molecule has 1 aliphatic rings. The molecule has 2 aromatic carbocycles. The van der Waals surface area contributed by atoms with Crippen LogP contribution in [0.2, 0.25) is 0 Å². The third kappa shape index (κ3) is 4.68. The average Bonchev–Trinajstić information content (AvgIpc) is 3.47. The molecule has 0 bridgehead atoms. The number of para-hydroxylation sites is 2. The summed E-state index contributed by atoms with van der Waals surface area (Å²) in [5.74, 6) is -0.397. The van der Waals surface area contributed by atoms with Gasteiger partial charge < -0.3 is 10.1 Å². The minimum Gasteiger partial charge on any atom is -0.496 e. The van der Waals surface area contributed by atoms with Gasteiger partial charge in [0.15, 0.2) is 0 Å². The SMILES string of the molecule is COc1ccccc1[C@@H](CNC(=O)C(=O)c1c(C)nn(-c2ccccc2)c1C)N1CCCC1. The van der Waals surface area contributed by atoms with Crippen LogP contribution in [0.5, 0.6) is 5.75 Å². The fourth-order valence-electron chi connectivity index (χ4n) is 4.61. The third-order valence-corrected chi connectivity index (χ3v) is 6.26. The molecule has 4 rings (SSSR count). The van der Waals surface area contributed by atoms with E-state index in [1.54, 1.807) is 18.7 Å². The molecular weight excluding hydrogens is 416 g/mol. The number of carbonyl (C=O) groups is 2. The molecule has 33 heavy (non-hydrogen) atoms. The number of benzene rings is 2. The van der Waals surface area contributed by atoms with Crippen molar-refractivity contribution in [1.82, 2.24) is 20.0 Å². The van der Waals surface area contributed by atoms with E-state index in [4.69, 9.17) is 4.74 Å². The second-order valence-electron chi connectivity index (χ2n) is 8.33. The monoisotopic (exact) mass is 446 g/mol. The number of Topliss-reactive ketones (excluding diaryl/α,β-unsaturated/α-hetero) is 1. The Bertz CT molecular complexity index is 1130. The van der Waals surface area contributed by atoms with Gasteiger partial charge in [-0.3, -0.25) is 14.5 Å². The molecule has 1 N–H and O–H groups in total. The molecule has 0 unspecified atom stereocenters. The van der Waals surface area contributed by atoms with Crippen LogP contribution in [0, 0.1) is 13.8 Å². The maximum Gasteiger partial charge on any atom is 0.292 e. The molecule has 1 saturated heterocycles. The smallest absolute Gasteiger partial charge is 0.292 e. The molecule has 0 saturated carbocycles. The van der Waals surface area contributed by atoms with Crippen LogP contribution < -0.4 is 10.1 Å². The van der Waals surface area contributed by atoms with Crippen LogP contribution in [0.4, 0.5) is 0 Å². The van der Waals surface area contributed by atoms with Crippen molar-refractivity contribution in [3.8, 4) is 11.4 Å². The summed E-state index contributed by atoms with van der Waals surface area (Å²) in [5.41, 5.74) is 3.41. The molecule has 172 valence electrons. The number of aryl methyl sites for hydroxylation is 1. The van der Waals surface area contributed by atoms with Crippen LogP contribution in [0.25, 0.3) is 5.69 Å². The summed E-state index contributed by atoms with van der Waals surface area (Å²) < 4.78 is 7.27. The second-order valence-corrected chi connectivity index (χ2v) is 8.33. The zero-order valence-corrected chi connectivity index (χ0v) is 19.4. The van der Waals surface area contributed by atoms with Crippen LogP contribution in [-0.4, -0.2) is 53.1 Å². The van der Waals surface area contributed by atoms with Crippen LogP contribution in [0.15, 0.2) is 54.6 Å². The molecule has 1 amide bonds. The van der Waals surface area contributed by atoms with Crippen molar-refractivity contribution in [1.29, 1.82) is 0 Å². The standard InChI is InChI=1S/C26H30N4O3/c1-18-24(19(2)30(28-18)20-11-5-4-6-12-20)25(31)26(32)27-17-22(29-15-9-10-16-29)21-13-7-8-14-23(21)33-3/h4-8,11-14,22H,9-10,15-17H2,1-3H3,(H,27,32)/t22-/m1/s1. The number of rotatable bonds is 8. The first-order valence-corrected chi connectivity index (χ1v) is 11.3. The summed E-state index contributed by atoms with van der Waals surface area (Å²) in [6.45, 7) is 5.81.